The Morgan fingerprint density at radius 2 is 1.83 bits per heavy atom. The molecule has 0 bridgehead atoms. The molecule has 1 spiro atoms. The molecule has 4 heterocycles. The Morgan fingerprint density at radius 1 is 1.03 bits per heavy atom. The Balaban J connectivity index is 1.35. The zero-order valence-electron chi connectivity index (χ0n) is 18.6. The molecule has 0 atom stereocenters. The zero-order valence-corrected chi connectivity index (χ0v) is 18.6. The summed E-state index contributed by atoms with van der Waals surface area (Å²) in [5, 5.41) is 5.86. The topological polar surface area (TPSA) is 37.2 Å². The van der Waals surface area contributed by atoms with Gasteiger partial charge < -0.3 is 4.90 Å². The van der Waals surface area contributed by atoms with Gasteiger partial charge >= 0.3 is 0 Å². The third-order valence-electron chi connectivity index (χ3n) is 7.46. The fourth-order valence-corrected chi connectivity index (χ4v) is 5.68. The zero-order chi connectivity index (χ0) is 20.7. The lowest BCUT2D eigenvalue weighted by atomic mass is 9.84. The summed E-state index contributed by atoms with van der Waals surface area (Å²) in [5.74, 6) is 0. The highest BCUT2D eigenvalue weighted by molar-refractivity contribution is 5.92. The van der Waals surface area contributed by atoms with Gasteiger partial charge in [-0.2, -0.15) is 5.10 Å². The fourth-order valence-electron chi connectivity index (χ4n) is 5.68. The summed E-state index contributed by atoms with van der Waals surface area (Å²) in [6, 6.07) is 10.8. The highest BCUT2D eigenvalue weighted by atomic mass is 15.3. The maximum absolute atomic E-state index is 4.74. The summed E-state index contributed by atoms with van der Waals surface area (Å²) in [6.45, 7) is 11.9. The Kier molecular flexibility index (Phi) is 5.02. The Labute approximate surface area is 179 Å². The molecule has 2 aromatic heterocycles. The average Bonchev–Trinajstić information content (AvgIpc) is 3.31. The lowest BCUT2D eigenvalue weighted by Gasteiger charge is -2.46. The predicted molar refractivity (Wildman–Crippen MR) is 123 cm³/mol. The van der Waals surface area contributed by atoms with E-state index in [9.17, 15) is 0 Å². The minimum atomic E-state index is 0.356. The highest BCUT2D eigenvalue weighted by Crippen LogP contribution is 2.41. The van der Waals surface area contributed by atoms with Crippen LogP contribution < -0.4 is 4.90 Å². The maximum atomic E-state index is 4.74. The van der Waals surface area contributed by atoms with Crippen LogP contribution in [0, 0.1) is 13.8 Å². The Morgan fingerprint density at radius 3 is 2.60 bits per heavy atom. The van der Waals surface area contributed by atoms with Gasteiger partial charge in [0, 0.05) is 59.7 Å². The van der Waals surface area contributed by atoms with Gasteiger partial charge in [-0.25, -0.2) is 0 Å². The van der Waals surface area contributed by atoms with Crippen molar-refractivity contribution in [3.63, 3.8) is 0 Å². The molecular formula is C25H33N5. The molecule has 5 rings (SSSR count). The van der Waals surface area contributed by atoms with Crippen molar-refractivity contribution in [3.8, 4) is 0 Å². The van der Waals surface area contributed by atoms with Crippen LogP contribution >= 0.6 is 0 Å². The smallest absolute Gasteiger partial charge is 0.0726 e. The van der Waals surface area contributed by atoms with Gasteiger partial charge in [-0.05, 0) is 65.1 Å². The summed E-state index contributed by atoms with van der Waals surface area (Å²) >= 11 is 0. The largest absolute Gasteiger partial charge is 0.371 e. The number of rotatable bonds is 4. The van der Waals surface area contributed by atoms with Gasteiger partial charge in [0.05, 0.1) is 11.7 Å². The number of hydrogen-bond donors (Lipinski definition) is 0. The maximum Gasteiger partial charge on any atom is 0.0726 e. The molecule has 1 aromatic carbocycles. The summed E-state index contributed by atoms with van der Waals surface area (Å²) < 4.78 is 2.12. The molecule has 0 aliphatic carbocycles. The minimum absolute atomic E-state index is 0.356. The van der Waals surface area contributed by atoms with E-state index in [0.717, 1.165) is 37.4 Å². The van der Waals surface area contributed by atoms with Crippen molar-refractivity contribution in [2.45, 2.75) is 65.1 Å². The first kappa shape index (κ1) is 19.6. The molecule has 158 valence electrons. The van der Waals surface area contributed by atoms with Gasteiger partial charge in [0.2, 0.25) is 0 Å². The number of para-hydroxylation sites is 1. The number of nitrogens with zero attached hydrogens (tertiary/aromatic N) is 5. The molecular weight excluding hydrogens is 370 g/mol. The first-order chi connectivity index (χ1) is 14.6. The summed E-state index contributed by atoms with van der Waals surface area (Å²) in [6.07, 6.45) is 7.22. The summed E-state index contributed by atoms with van der Waals surface area (Å²) in [5.41, 5.74) is 6.66. The van der Waals surface area contributed by atoms with Gasteiger partial charge in [0.1, 0.15) is 0 Å². The molecule has 0 amide bonds. The van der Waals surface area contributed by atoms with E-state index in [1.165, 1.54) is 54.6 Å². The van der Waals surface area contributed by atoms with Crippen LogP contribution in [0.25, 0.3) is 10.9 Å². The third kappa shape index (κ3) is 3.29. The fraction of sp³-hybridized carbons (Fsp3) is 0.520. The molecule has 30 heavy (non-hydrogen) atoms. The van der Waals surface area contributed by atoms with Gasteiger partial charge in [-0.3, -0.25) is 14.6 Å². The van der Waals surface area contributed by atoms with Crippen LogP contribution in [-0.4, -0.2) is 44.8 Å². The van der Waals surface area contributed by atoms with Crippen LogP contribution in [-0.2, 0) is 13.1 Å². The predicted octanol–water partition coefficient (Wildman–Crippen LogP) is 4.70. The number of aromatic nitrogens is 3. The second-order valence-corrected chi connectivity index (χ2v) is 9.11. The van der Waals surface area contributed by atoms with Crippen molar-refractivity contribution in [2.75, 3.05) is 24.5 Å². The number of anilines is 1. The van der Waals surface area contributed by atoms with E-state index in [2.05, 4.69) is 76.9 Å². The first-order valence-electron chi connectivity index (χ1n) is 11.5. The molecule has 3 aromatic rings. The van der Waals surface area contributed by atoms with Crippen molar-refractivity contribution < 1.29 is 0 Å². The molecule has 2 aliphatic heterocycles. The minimum Gasteiger partial charge on any atom is -0.371 e. The van der Waals surface area contributed by atoms with Crippen LogP contribution in [0.2, 0.25) is 0 Å². The van der Waals surface area contributed by atoms with E-state index in [4.69, 9.17) is 4.98 Å². The lowest BCUT2D eigenvalue weighted by molar-refractivity contribution is 0.0996. The van der Waals surface area contributed by atoms with Gasteiger partial charge in [-0.15, -0.1) is 0 Å². The number of pyridine rings is 1. The summed E-state index contributed by atoms with van der Waals surface area (Å²) in [7, 11) is 0. The highest BCUT2D eigenvalue weighted by Gasteiger charge is 2.43. The normalized spacial score (nSPS) is 19.2. The van der Waals surface area contributed by atoms with Crippen molar-refractivity contribution in [1.29, 1.82) is 0 Å². The molecule has 0 saturated carbocycles. The van der Waals surface area contributed by atoms with E-state index in [-0.39, 0.29) is 0 Å². The number of aryl methyl sites for hydroxylation is 2. The van der Waals surface area contributed by atoms with Crippen molar-refractivity contribution in [2.24, 2.45) is 0 Å². The number of fused-ring (bicyclic) bond motifs is 1. The number of piperidine rings is 1. The van der Waals surface area contributed by atoms with Gasteiger partial charge in [-0.1, -0.05) is 18.2 Å². The SMILES string of the molecule is CCn1ncc(CN2CCCC23CCN(c2cc(C)nc4ccccc24)CC3)c1C. The number of hydrogen-bond acceptors (Lipinski definition) is 4. The Bertz CT molecular complexity index is 1040. The lowest BCUT2D eigenvalue weighted by Crippen LogP contribution is -2.52. The van der Waals surface area contributed by atoms with E-state index in [1.807, 2.05) is 0 Å². The van der Waals surface area contributed by atoms with Crippen LogP contribution in [0.3, 0.4) is 0 Å². The first-order valence-corrected chi connectivity index (χ1v) is 11.5. The quantitative estimate of drug-likeness (QED) is 0.633. The third-order valence-corrected chi connectivity index (χ3v) is 7.46. The van der Waals surface area contributed by atoms with Crippen LogP contribution in [0.5, 0.6) is 0 Å². The van der Waals surface area contributed by atoms with Gasteiger partial charge in [0.25, 0.3) is 0 Å². The van der Waals surface area contributed by atoms with Crippen molar-refractivity contribution in [3.05, 3.63) is 53.5 Å². The molecule has 0 unspecified atom stereocenters. The molecule has 5 nitrogen and oxygen atoms in total. The molecule has 2 aliphatic rings. The van der Waals surface area contributed by atoms with Crippen molar-refractivity contribution in [1.82, 2.24) is 19.7 Å². The van der Waals surface area contributed by atoms with Crippen LogP contribution in [0.4, 0.5) is 5.69 Å². The Hall–Kier alpha value is -2.40. The van der Waals surface area contributed by atoms with Crippen molar-refractivity contribution >= 4 is 16.6 Å². The second-order valence-electron chi connectivity index (χ2n) is 9.11. The van der Waals surface area contributed by atoms with E-state index < -0.39 is 0 Å². The van der Waals surface area contributed by atoms with E-state index in [0.29, 0.717) is 5.54 Å². The average molecular weight is 404 g/mol. The molecule has 0 radical (unpaired) electrons. The monoisotopic (exact) mass is 403 g/mol. The van der Waals surface area contributed by atoms with Crippen LogP contribution in [0.1, 0.15) is 49.6 Å². The van der Waals surface area contributed by atoms with Gasteiger partial charge in [0.15, 0.2) is 0 Å². The molecule has 5 heteroatoms. The molecule has 2 fully saturated rings. The number of likely N-dealkylation sites (tertiary alicyclic amines) is 1. The van der Waals surface area contributed by atoms with E-state index >= 15 is 0 Å². The number of benzene rings is 1. The van der Waals surface area contributed by atoms with E-state index in [1.54, 1.807) is 0 Å². The van der Waals surface area contributed by atoms with Crippen LogP contribution in [0.15, 0.2) is 36.5 Å². The molecule has 2 saturated heterocycles. The standard InChI is InChI=1S/C25H33N5/c1-4-30-20(3)21(17-26-30)18-29-13-7-10-25(29)11-14-28(15-12-25)24-16-19(2)27-23-9-6-5-8-22(23)24/h5-6,8-9,16-17H,4,7,10-15,18H2,1-3H3. The summed E-state index contributed by atoms with van der Waals surface area (Å²) in [4.78, 5) is 10.1. The second kappa shape index (κ2) is 7.69. The molecule has 0 N–H and O–H groups in total.